The zero-order valence-corrected chi connectivity index (χ0v) is 13.1. The highest BCUT2D eigenvalue weighted by atomic mass is 35.5. The monoisotopic (exact) mass is 316 g/mol. The van der Waals surface area contributed by atoms with Gasteiger partial charge in [0.05, 0.1) is 18.2 Å². The molecule has 0 bridgehead atoms. The molecule has 1 atom stereocenters. The van der Waals surface area contributed by atoms with E-state index in [4.69, 9.17) is 16.3 Å². The maximum atomic E-state index is 12.7. The number of ether oxygens (including phenoxy) is 1. The van der Waals surface area contributed by atoms with Crippen LogP contribution < -0.4 is 4.74 Å². The molecule has 4 nitrogen and oxygen atoms in total. The van der Waals surface area contributed by atoms with Gasteiger partial charge in [0.15, 0.2) is 0 Å². The molecule has 2 heterocycles. The van der Waals surface area contributed by atoms with Gasteiger partial charge in [-0.1, -0.05) is 23.7 Å². The highest BCUT2D eigenvalue weighted by Crippen LogP contribution is 2.34. The number of amides is 1. The van der Waals surface area contributed by atoms with Gasteiger partial charge >= 0.3 is 0 Å². The lowest BCUT2D eigenvalue weighted by atomic mass is 10.0. The van der Waals surface area contributed by atoms with E-state index in [1.54, 1.807) is 19.2 Å². The smallest absolute Gasteiger partial charge is 0.272 e. The number of halogens is 1. The summed E-state index contributed by atoms with van der Waals surface area (Å²) in [6, 6.07) is 11.3. The molecule has 0 saturated carbocycles. The first-order valence-electron chi connectivity index (χ1n) is 7.25. The van der Waals surface area contributed by atoms with Crippen molar-refractivity contribution in [2.75, 3.05) is 13.7 Å². The van der Waals surface area contributed by atoms with Gasteiger partial charge in [-0.3, -0.25) is 4.79 Å². The highest BCUT2D eigenvalue weighted by molar-refractivity contribution is 6.30. The lowest BCUT2D eigenvalue weighted by molar-refractivity contribution is 0.0729. The molecule has 0 spiro atoms. The predicted molar refractivity (Wildman–Crippen MR) is 85.3 cm³/mol. The van der Waals surface area contributed by atoms with Gasteiger partial charge in [0.1, 0.15) is 11.4 Å². The van der Waals surface area contributed by atoms with Crippen LogP contribution in [0, 0.1) is 0 Å². The molecule has 1 amide bonds. The Labute approximate surface area is 134 Å². The van der Waals surface area contributed by atoms with Crippen molar-refractivity contribution in [2.45, 2.75) is 18.9 Å². The average molecular weight is 317 g/mol. The Morgan fingerprint density at radius 1 is 1.36 bits per heavy atom. The summed E-state index contributed by atoms with van der Waals surface area (Å²) >= 11 is 5.83. The van der Waals surface area contributed by atoms with Gasteiger partial charge in [-0.2, -0.15) is 0 Å². The first-order chi connectivity index (χ1) is 10.7. The van der Waals surface area contributed by atoms with Gasteiger partial charge in [0, 0.05) is 12.7 Å². The lowest BCUT2D eigenvalue weighted by Gasteiger charge is -2.25. The topological polar surface area (TPSA) is 42.4 Å². The second-order valence-electron chi connectivity index (χ2n) is 5.29. The largest absolute Gasteiger partial charge is 0.497 e. The fourth-order valence-corrected chi connectivity index (χ4v) is 2.97. The average Bonchev–Trinajstić information content (AvgIpc) is 3.04. The molecule has 0 unspecified atom stereocenters. The summed E-state index contributed by atoms with van der Waals surface area (Å²) in [7, 11) is 1.65. The van der Waals surface area contributed by atoms with E-state index in [1.807, 2.05) is 29.2 Å². The second kappa shape index (κ2) is 6.36. The number of nitrogens with zero attached hydrogens (tertiary/aromatic N) is 2. The van der Waals surface area contributed by atoms with Gasteiger partial charge in [-0.15, -0.1) is 0 Å². The van der Waals surface area contributed by atoms with Crippen LogP contribution in [0.5, 0.6) is 5.75 Å². The standard InChI is InChI=1S/C17H17ClN2O2/c1-22-14-5-2-4-12(10-14)16-6-3-9-20(16)17(21)15-8-7-13(18)11-19-15/h2,4-5,7-8,10-11,16H,3,6,9H2,1H3/t16-/m0/s1. The molecule has 1 aliphatic rings. The number of methoxy groups -OCH3 is 1. The Bertz CT molecular complexity index is 673. The molecule has 0 radical (unpaired) electrons. The Morgan fingerprint density at radius 3 is 2.95 bits per heavy atom. The molecule has 1 fully saturated rings. The minimum atomic E-state index is -0.0537. The number of rotatable bonds is 3. The molecule has 114 valence electrons. The number of carbonyl (C=O) groups excluding carboxylic acids is 1. The maximum absolute atomic E-state index is 12.7. The van der Waals surface area contributed by atoms with Crippen LogP contribution in [0.3, 0.4) is 0 Å². The number of likely N-dealkylation sites (tertiary alicyclic amines) is 1. The number of carbonyl (C=O) groups is 1. The molecular weight excluding hydrogens is 300 g/mol. The van der Waals surface area contributed by atoms with E-state index in [0.717, 1.165) is 30.7 Å². The van der Waals surface area contributed by atoms with Crippen molar-refractivity contribution >= 4 is 17.5 Å². The van der Waals surface area contributed by atoms with Crippen molar-refractivity contribution in [3.05, 3.63) is 58.9 Å². The van der Waals surface area contributed by atoms with Crippen molar-refractivity contribution < 1.29 is 9.53 Å². The van der Waals surface area contributed by atoms with E-state index >= 15 is 0 Å². The number of hydrogen-bond acceptors (Lipinski definition) is 3. The highest BCUT2D eigenvalue weighted by Gasteiger charge is 2.31. The van der Waals surface area contributed by atoms with Gasteiger partial charge < -0.3 is 9.64 Å². The summed E-state index contributed by atoms with van der Waals surface area (Å²) < 4.78 is 5.28. The zero-order valence-electron chi connectivity index (χ0n) is 12.3. The van der Waals surface area contributed by atoms with Gasteiger partial charge in [0.2, 0.25) is 0 Å². The van der Waals surface area contributed by atoms with E-state index in [1.165, 1.54) is 6.20 Å². The molecule has 1 aromatic heterocycles. The minimum absolute atomic E-state index is 0.0537. The third kappa shape index (κ3) is 2.92. The molecular formula is C17H17ClN2O2. The zero-order chi connectivity index (χ0) is 15.5. The first kappa shape index (κ1) is 14.9. The molecule has 1 aliphatic heterocycles. The van der Waals surface area contributed by atoms with E-state index < -0.39 is 0 Å². The second-order valence-corrected chi connectivity index (χ2v) is 5.73. The Hall–Kier alpha value is -2.07. The van der Waals surface area contributed by atoms with Crippen molar-refractivity contribution in [3.8, 4) is 5.75 Å². The van der Waals surface area contributed by atoms with Crippen LogP contribution in [0.2, 0.25) is 5.02 Å². The van der Waals surface area contributed by atoms with Crippen molar-refractivity contribution in [1.29, 1.82) is 0 Å². The van der Waals surface area contributed by atoms with Crippen molar-refractivity contribution in [1.82, 2.24) is 9.88 Å². The van der Waals surface area contributed by atoms with Crippen LogP contribution >= 0.6 is 11.6 Å². The predicted octanol–water partition coefficient (Wildman–Crippen LogP) is 3.72. The van der Waals surface area contributed by atoms with Crippen molar-refractivity contribution in [2.24, 2.45) is 0 Å². The van der Waals surface area contributed by atoms with Crippen LogP contribution in [-0.4, -0.2) is 29.4 Å². The summed E-state index contributed by atoms with van der Waals surface area (Å²) in [5.74, 6) is 0.753. The Balaban J connectivity index is 1.86. The molecule has 1 saturated heterocycles. The van der Waals surface area contributed by atoms with E-state index in [0.29, 0.717) is 10.7 Å². The number of pyridine rings is 1. The van der Waals surface area contributed by atoms with Crippen LogP contribution in [-0.2, 0) is 0 Å². The number of benzene rings is 1. The van der Waals surface area contributed by atoms with Crippen LogP contribution in [0.4, 0.5) is 0 Å². The fourth-order valence-electron chi connectivity index (χ4n) is 2.85. The van der Waals surface area contributed by atoms with Gasteiger partial charge in [0.25, 0.3) is 5.91 Å². The summed E-state index contributed by atoms with van der Waals surface area (Å²) in [6.45, 7) is 0.741. The van der Waals surface area contributed by atoms with Crippen LogP contribution in [0.15, 0.2) is 42.6 Å². The Morgan fingerprint density at radius 2 is 2.23 bits per heavy atom. The minimum Gasteiger partial charge on any atom is -0.497 e. The normalized spacial score (nSPS) is 17.5. The first-order valence-corrected chi connectivity index (χ1v) is 7.63. The SMILES string of the molecule is COc1cccc([C@@H]2CCCN2C(=O)c2ccc(Cl)cn2)c1. The van der Waals surface area contributed by atoms with Gasteiger partial charge in [-0.05, 0) is 42.7 Å². The molecule has 1 aromatic carbocycles. The molecule has 3 rings (SSSR count). The third-order valence-corrected chi connectivity index (χ3v) is 4.16. The van der Waals surface area contributed by atoms with E-state index in [2.05, 4.69) is 4.98 Å². The summed E-state index contributed by atoms with van der Waals surface area (Å²) in [6.07, 6.45) is 3.44. The third-order valence-electron chi connectivity index (χ3n) is 3.94. The molecule has 0 aliphatic carbocycles. The lowest BCUT2D eigenvalue weighted by Crippen LogP contribution is -2.31. The molecule has 2 aromatic rings. The van der Waals surface area contributed by atoms with Crippen molar-refractivity contribution in [3.63, 3.8) is 0 Å². The molecule has 22 heavy (non-hydrogen) atoms. The molecule has 5 heteroatoms. The van der Waals surface area contributed by atoms with E-state index in [-0.39, 0.29) is 11.9 Å². The molecule has 0 N–H and O–H groups in total. The quantitative estimate of drug-likeness (QED) is 0.866. The Kier molecular flexibility index (Phi) is 4.29. The summed E-state index contributed by atoms with van der Waals surface area (Å²) in [5, 5.41) is 0.530. The van der Waals surface area contributed by atoms with Gasteiger partial charge in [-0.25, -0.2) is 4.98 Å². The number of aromatic nitrogens is 1. The van der Waals surface area contributed by atoms with Crippen LogP contribution in [0.25, 0.3) is 0 Å². The number of hydrogen-bond donors (Lipinski definition) is 0. The fraction of sp³-hybridized carbons (Fsp3) is 0.294. The summed E-state index contributed by atoms with van der Waals surface area (Å²) in [4.78, 5) is 18.7. The maximum Gasteiger partial charge on any atom is 0.272 e. The summed E-state index contributed by atoms with van der Waals surface area (Å²) in [5.41, 5.74) is 1.53. The van der Waals surface area contributed by atoms with Crippen LogP contribution in [0.1, 0.15) is 34.9 Å². The van der Waals surface area contributed by atoms with E-state index in [9.17, 15) is 4.79 Å².